The summed E-state index contributed by atoms with van der Waals surface area (Å²) in [6.07, 6.45) is 2.51. The lowest BCUT2D eigenvalue weighted by molar-refractivity contribution is 0.0619. The summed E-state index contributed by atoms with van der Waals surface area (Å²) in [5, 5.41) is 0. The Balaban J connectivity index is 1.85. The largest absolute Gasteiger partial charge is 0.325 e. The van der Waals surface area contributed by atoms with Crippen molar-refractivity contribution in [1.82, 2.24) is 9.80 Å². The van der Waals surface area contributed by atoms with Crippen LogP contribution in [0.15, 0.2) is 0 Å². The minimum absolute atomic E-state index is 0.0528. The van der Waals surface area contributed by atoms with Gasteiger partial charge in [0.05, 0.1) is 5.54 Å². The summed E-state index contributed by atoms with van der Waals surface area (Å²) >= 11 is 0. The quantitative estimate of drug-likeness (QED) is 0.753. The first-order valence-electron chi connectivity index (χ1n) is 5.93. The SMILES string of the molecule is CCN(CC)C(=O)N1CC(N)(C2CC2)C1. The molecule has 0 aromatic rings. The molecular formula is C11H21N3O. The first kappa shape index (κ1) is 10.7. The summed E-state index contributed by atoms with van der Waals surface area (Å²) in [6.45, 7) is 7.11. The summed E-state index contributed by atoms with van der Waals surface area (Å²) in [5.41, 5.74) is 6.15. The third-order valence-corrected chi connectivity index (χ3v) is 3.67. The standard InChI is InChI=1S/C11H21N3O/c1-3-13(4-2)10(15)14-7-11(12,8-14)9-5-6-9/h9H,3-8,12H2,1-2H3. The number of carbonyl (C=O) groups excluding carboxylic acids is 1. The van der Waals surface area contributed by atoms with E-state index in [9.17, 15) is 4.79 Å². The number of amides is 2. The molecule has 0 spiro atoms. The van der Waals surface area contributed by atoms with Crippen LogP contribution >= 0.6 is 0 Å². The van der Waals surface area contributed by atoms with Gasteiger partial charge in [-0.1, -0.05) is 0 Å². The Kier molecular flexibility index (Phi) is 2.63. The van der Waals surface area contributed by atoms with Crippen molar-refractivity contribution < 1.29 is 4.79 Å². The molecule has 1 aliphatic heterocycles. The third-order valence-electron chi connectivity index (χ3n) is 3.67. The van der Waals surface area contributed by atoms with Crippen LogP contribution in [0.2, 0.25) is 0 Å². The van der Waals surface area contributed by atoms with E-state index >= 15 is 0 Å². The van der Waals surface area contributed by atoms with E-state index in [0.717, 1.165) is 26.2 Å². The number of rotatable bonds is 3. The predicted octanol–water partition coefficient (Wildman–Crippen LogP) is 0.871. The molecule has 2 fully saturated rings. The van der Waals surface area contributed by atoms with Crippen molar-refractivity contribution in [3.63, 3.8) is 0 Å². The molecule has 0 unspecified atom stereocenters. The van der Waals surface area contributed by atoms with E-state index in [1.165, 1.54) is 12.8 Å². The summed E-state index contributed by atoms with van der Waals surface area (Å²) in [6, 6.07) is 0.154. The molecule has 1 saturated carbocycles. The van der Waals surface area contributed by atoms with Gasteiger partial charge in [0.25, 0.3) is 0 Å². The molecule has 1 saturated heterocycles. The first-order valence-corrected chi connectivity index (χ1v) is 5.93. The molecule has 0 bridgehead atoms. The highest BCUT2D eigenvalue weighted by molar-refractivity contribution is 5.75. The van der Waals surface area contributed by atoms with Gasteiger partial charge in [-0.05, 0) is 32.6 Å². The summed E-state index contributed by atoms with van der Waals surface area (Å²) in [4.78, 5) is 15.6. The third kappa shape index (κ3) is 1.83. The second-order valence-corrected chi connectivity index (χ2v) is 4.82. The Morgan fingerprint density at radius 1 is 1.40 bits per heavy atom. The van der Waals surface area contributed by atoms with Crippen LogP contribution in [0.4, 0.5) is 4.79 Å². The fourth-order valence-corrected chi connectivity index (χ4v) is 2.41. The maximum Gasteiger partial charge on any atom is 0.320 e. The average molecular weight is 211 g/mol. The van der Waals surface area contributed by atoms with Crippen molar-refractivity contribution in [2.75, 3.05) is 26.2 Å². The lowest BCUT2D eigenvalue weighted by Crippen LogP contribution is -2.71. The van der Waals surface area contributed by atoms with Gasteiger partial charge >= 0.3 is 6.03 Å². The van der Waals surface area contributed by atoms with Gasteiger partial charge in [0, 0.05) is 26.2 Å². The number of carbonyl (C=O) groups is 1. The van der Waals surface area contributed by atoms with Gasteiger partial charge in [-0.15, -0.1) is 0 Å². The average Bonchev–Trinajstić information content (AvgIpc) is 2.98. The highest BCUT2D eigenvalue weighted by Gasteiger charge is 2.52. The number of nitrogens with two attached hydrogens (primary N) is 1. The number of urea groups is 1. The van der Waals surface area contributed by atoms with E-state index in [-0.39, 0.29) is 11.6 Å². The van der Waals surface area contributed by atoms with Crippen molar-refractivity contribution in [1.29, 1.82) is 0 Å². The first-order chi connectivity index (χ1) is 7.10. The highest BCUT2D eigenvalue weighted by atomic mass is 16.2. The number of nitrogens with zero attached hydrogens (tertiary/aromatic N) is 2. The van der Waals surface area contributed by atoms with Crippen molar-refractivity contribution in [3.05, 3.63) is 0 Å². The zero-order chi connectivity index (χ0) is 11.1. The Morgan fingerprint density at radius 2 is 1.93 bits per heavy atom. The van der Waals surface area contributed by atoms with E-state index in [1.807, 2.05) is 23.6 Å². The van der Waals surface area contributed by atoms with Crippen LogP contribution in [0.1, 0.15) is 26.7 Å². The molecule has 2 rings (SSSR count). The Morgan fingerprint density at radius 3 is 2.33 bits per heavy atom. The zero-order valence-corrected chi connectivity index (χ0v) is 9.70. The predicted molar refractivity (Wildman–Crippen MR) is 59.5 cm³/mol. The van der Waals surface area contributed by atoms with Crippen LogP contribution in [0, 0.1) is 5.92 Å². The Hall–Kier alpha value is -0.770. The second-order valence-electron chi connectivity index (χ2n) is 4.82. The van der Waals surface area contributed by atoms with Gasteiger partial charge in [-0.25, -0.2) is 4.79 Å². The van der Waals surface area contributed by atoms with E-state index < -0.39 is 0 Å². The summed E-state index contributed by atoms with van der Waals surface area (Å²) < 4.78 is 0. The second kappa shape index (κ2) is 3.67. The van der Waals surface area contributed by atoms with Crippen molar-refractivity contribution >= 4 is 6.03 Å². The normalized spacial score (nSPS) is 23.5. The molecule has 0 aromatic carbocycles. The van der Waals surface area contributed by atoms with Crippen LogP contribution in [0.3, 0.4) is 0 Å². The molecule has 4 heteroatoms. The van der Waals surface area contributed by atoms with Gasteiger partial charge in [-0.3, -0.25) is 0 Å². The molecule has 0 aromatic heterocycles. The zero-order valence-electron chi connectivity index (χ0n) is 9.70. The molecule has 0 radical (unpaired) electrons. The maximum atomic E-state index is 11.9. The monoisotopic (exact) mass is 211 g/mol. The number of hydrogen-bond donors (Lipinski definition) is 1. The molecule has 0 atom stereocenters. The van der Waals surface area contributed by atoms with E-state index in [2.05, 4.69) is 0 Å². The fourth-order valence-electron chi connectivity index (χ4n) is 2.41. The fraction of sp³-hybridized carbons (Fsp3) is 0.909. The Labute approximate surface area is 91.4 Å². The molecule has 1 heterocycles. The van der Waals surface area contributed by atoms with Crippen LogP contribution in [0.5, 0.6) is 0 Å². The smallest absolute Gasteiger partial charge is 0.320 e. The van der Waals surface area contributed by atoms with Crippen molar-refractivity contribution in [3.8, 4) is 0 Å². The molecule has 4 nitrogen and oxygen atoms in total. The van der Waals surface area contributed by atoms with Crippen molar-refractivity contribution in [2.45, 2.75) is 32.2 Å². The van der Waals surface area contributed by atoms with Gasteiger partial charge in [0.15, 0.2) is 0 Å². The van der Waals surface area contributed by atoms with E-state index in [1.54, 1.807) is 0 Å². The molecule has 2 amide bonds. The lowest BCUT2D eigenvalue weighted by atomic mass is 9.86. The Bertz CT molecular complexity index is 253. The number of likely N-dealkylation sites (tertiary alicyclic amines) is 1. The summed E-state index contributed by atoms with van der Waals surface area (Å²) in [7, 11) is 0. The van der Waals surface area contributed by atoms with Crippen LogP contribution in [-0.4, -0.2) is 47.5 Å². The minimum Gasteiger partial charge on any atom is -0.325 e. The van der Waals surface area contributed by atoms with Gasteiger partial charge in [0.2, 0.25) is 0 Å². The summed E-state index contributed by atoms with van der Waals surface area (Å²) in [5.74, 6) is 0.679. The molecule has 15 heavy (non-hydrogen) atoms. The highest BCUT2D eigenvalue weighted by Crippen LogP contribution is 2.43. The van der Waals surface area contributed by atoms with Crippen LogP contribution in [-0.2, 0) is 0 Å². The molecule has 1 aliphatic carbocycles. The van der Waals surface area contributed by atoms with Gasteiger partial charge < -0.3 is 15.5 Å². The van der Waals surface area contributed by atoms with Crippen molar-refractivity contribution in [2.24, 2.45) is 11.7 Å². The van der Waals surface area contributed by atoms with Gasteiger partial charge in [-0.2, -0.15) is 0 Å². The van der Waals surface area contributed by atoms with E-state index in [0.29, 0.717) is 5.92 Å². The number of hydrogen-bond acceptors (Lipinski definition) is 2. The van der Waals surface area contributed by atoms with Crippen LogP contribution < -0.4 is 5.73 Å². The topological polar surface area (TPSA) is 49.6 Å². The van der Waals surface area contributed by atoms with E-state index in [4.69, 9.17) is 5.73 Å². The lowest BCUT2D eigenvalue weighted by Gasteiger charge is -2.49. The maximum absolute atomic E-state index is 11.9. The molecule has 2 N–H and O–H groups in total. The molecule has 86 valence electrons. The van der Waals surface area contributed by atoms with Crippen LogP contribution in [0.25, 0.3) is 0 Å². The minimum atomic E-state index is -0.0528. The molecule has 2 aliphatic rings. The van der Waals surface area contributed by atoms with Gasteiger partial charge in [0.1, 0.15) is 0 Å². The molecular weight excluding hydrogens is 190 g/mol.